The summed E-state index contributed by atoms with van der Waals surface area (Å²) in [5, 5.41) is 3.31. The highest BCUT2D eigenvalue weighted by Crippen LogP contribution is 2.27. The predicted octanol–water partition coefficient (Wildman–Crippen LogP) is 4.40. The van der Waals surface area contributed by atoms with Crippen LogP contribution in [-0.2, 0) is 4.43 Å². The predicted molar refractivity (Wildman–Crippen MR) is 96.1 cm³/mol. The van der Waals surface area contributed by atoms with E-state index in [1.54, 1.807) is 0 Å². The number of nitrogens with one attached hydrogen (secondary N) is 1. The fourth-order valence-electron chi connectivity index (χ4n) is 2.07. The lowest BCUT2D eigenvalue weighted by molar-refractivity contribution is 0.159. The molecule has 0 fully saturated rings. The molecule has 0 bridgehead atoms. The summed E-state index contributed by atoms with van der Waals surface area (Å²) in [6.07, 6.45) is 0.0857. The molecule has 0 aliphatic heterocycles. The van der Waals surface area contributed by atoms with Crippen molar-refractivity contribution in [1.82, 2.24) is 5.32 Å². The van der Waals surface area contributed by atoms with Gasteiger partial charge in [0.15, 0.2) is 8.32 Å². The topological polar surface area (TPSA) is 30.5 Å². The van der Waals surface area contributed by atoms with Gasteiger partial charge in [0.05, 0.1) is 6.10 Å². The van der Waals surface area contributed by atoms with Crippen LogP contribution in [-0.4, -0.2) is 29.7 Å². The number of hydrogen-bond donors (Lipinski definition) is 1. The van der Waals surface area contributed by atoms with E-state index in [4.69, 9.17) is 8.85 Å². The van der Waals surface area contributed by atoms with E-state index in [-0.39, 0.29) is 12.1 Å². The normalized spacial score (nSPS) is 15.6. The van der Waals surface area contributed by atoms with Crippen LogP contribution in [0.3, 0.4) is 0 Å². The van der Waals surface area contributed by atoms with Crippen molar-refractivity contribution in [3.63, 3.8) is 0 Å². The zero-order valence-electron chi connectivity index (χ0n) is 14.8. The van der Waals surface area contributed by atoms with Crippen LogP contribution in [0.4, 0.5) is 0 Å². The summed E-state index contributed by atoms with van der Waals surface area (Å²) in [4.78, 5) is 0. The van der Waals surface area contributed by atoms with E-state index >= 15 is 0 Å². The molecule has 0 spiro atoms. The van der Waals surface area contributed by atoms with Gasteiger partial charge in [0, 0.05) is 6.04 Å². The monoisotopic (exact) mass is 325 g/mol. The quantitative estimate of drug-likeness (QED) is 0.754. The second kappa shape index (κ2) is 7.09. The maximum Gasteiger partial charge on any atom is 0.242 e. The number of hydrogen-bond acceptors (Lipinski definition) is 3. The zero-order chi connectivity index (χ0) is 16.3. The summed E-state index contributed by atoms with van der Waals surface area (Å²) in [5.74, 6) is 0.960. The Morgan fingerprint density at radius 1 is 0.905 bits per heavy atom. The summed E-state index contributed by atoms with van der Waals surface area (Å²) < 4.78 is 12.4. The highest BCUT2D eigenvalue weighted by Gasteiger charge is 2.26. The summed E-state index contributed by atoms with van der Waals surface area (Å²) in [7, 11) is -1.16. The third-order valence-electron chi connectivity index (χ3n) is 3.02. The maximum absolute atomic E-state index is 6.36. The fraction of sp³-hybridized carbons (Fsp3) is 0.625. The van der Waals surface area contributed by atoms with Gasteiger partial charge in [-0.3, -0.25) is 0 Å². The summed E-state index contributed by atoms with van der Waals surface area (Å²) in [5.41, 5.74) is 1.21. The molecule has 2 atom stereocenters. The summed E-state index contributed by atoms with van der Waals surface area (Å²) in [6.45, 7) is 15.4. The minimum atomic E-state index is -1.60. The molecule has 0 heterocycles. The van der Waals surface area contributed by atoms with Crippen molar-refractivity contribution in [3.05, 3.63) is 29.8 Å². The molecule has 0 radical (unpaired) electrons. The van der Waals surface area contributed by atoms with Crippen molar-refractivity contribution in [2.45, 2.75) is 58.4 Å². The van der Waals surface area contributed by atoms with E-state index in [0.717, 1.165) is 5.75 Å². The van der Waals surface area contributed by atoms with E-state index in [0.29, 0.717) is 0 Å². The van der Waals surface area contributed by atoms with Crippen molar-refractivity contribution >= 4 is 16.6 Å². The molecule has 120 valence electrons. The molecule has 0 saturated carbocycles. The molecule has 5 heteroatoms. The fourth-order valence-corrected chi connectivity index (χ4v) is 4.02. The lowest BCUT2D eigenvalue weighted by Gasteiger charge is -2.31. The van der Waals surface area contributed by atoms with E-state index < -0.39 is 16.6 Å². The second-order valence-electron chi connectivity index (χ2n) is 7.51. The Hall–Kier alpha value is -0.626. The molecule has 0 aromatic heterocycles. The SMILES string of the molecule is CNC(C)C(O[Si](C)(C)C)c1ccc(O[Si](C)(C)C)cc1. The van der Waals surface area contributed by atoms with Crippen LogP contribution >= 0.6 is 0 Å². The Labute approximate surface area is 132 Å². The van der Waals surface area contributed by atoms with Gasteiger partial charge < -0.3 is 14.2 Å². The van der Waals surface area contributed by atoms with Gasteiger partial charge >= 0.3 is 0 Å². The van der Waals surface area contributed by atoms with Crippen molar-refractivity contribution in [2.75, 3.05) is 7.05 Å². The minimum absolute atomic E-state index is 0.0857. The molecule has 1 rings (SSSR count). The summed E-state index contributed by atoms with van der Waals surface area (Å²) >= 11 is 0. The van der Waals surface area contributed by atoms with Crippen LogP contribution in [0.1, 0.15) is 18.6 Å². The first-order valence-electron chi connectivity index (χ1n) is 7.66. The average molecular weight is 326 g/mol. The molecular formula is C16H31NO2Si2. The van der Waals surface area contributed by atoms with Crippen molar-refractivity contribution in [3.8, 4) is 5.75 Å². The molecular weight excluding hydrogens is 294 g/mol. The molecule has 1 N–H and O–H groups in total. The lowest BCUT2D eigenvalue weighted by atomic mass is 10.0. The molecule has 0 saturated heterocycles. The van der Waals surface area contributed by atoms with Crippen molar-refractivity contribution in [2.24, 2.45) is 0 Å². The Bertz CT molecular complexity index is 435. The van der Waals surface area contributed by atoms with E-state index in [1.165, 1.54) is 5.56 Å². The molecule has 0 aliphatic carbocycles. The average Bonchev–Trinajstić information content (AvgIpc) is 2.33. The van der Waals surface area contributed by atoms with Crippen LogP contribution in [0, 0.1) is 0 Å². The highest BCUT2D eigenvalue weighted by molar-refractivity contribution is 6.70. The molecule has 21 heavy (non-hydrogen) atoms. The Balaban J connectivity index is 2.93. The molecule has 2 unspecified atom stereocenters. The number of likely N-dealkylation sites (N-methyl/N-ethyl adjacent to an activating group) is 1. The van der Waals surface area contributed by atoms with Gasteiger partial charge in [-0.2, -0.15) is 0 Å². The van der Waals surface area contributed by atoms with Gasteiger partial charge in [0.2, 0.25) is 8.32 Å². The van der Waals surface area contributed by atoms with E-state index in [2.05, 4.69) is 75.8 Å². The smallest absolute Gasteiger partial charge is 0.242 e. The van der Waals surface area contributed by atoms with Gasteiger partial charge in [-0.15, -0.1) is 0 Å². The highest BCUT2D eigenvalue weighted by atomic mass is 28.4. The van der Waals surface area contributed by atoms with E-state index in [1.807, 2.05) is 7.05 Å². The lowest BCUT2D eigenvalue weighted by Crippen LogP contribution is -2.37. The van der Waals surface area contributed by atoms with Crippen LogP contribution in [0.5, 0.6) is 5.75 Å². The van der Waals surface area contributed by atoms with Gasteiger partial charge in [-0.25, -0.2) is 0 Å². The molecule has 3 nitrogen and oxygen atoms in total. The largest absolute Gasteiger partial charge is 0.544 e. The Morgan fingerprint density at radius 2 is 1.43 bits per heavy atom. The second-order valence-corrected chi connectivity index (χ2v) is 16.4. The first-order chi connectivity index (χ1) is 9.52. The minimum Gasteiger partial charge on any atom is -0.544 e. The first-order valence-corrected chi connectivity index (χ1v) is 14.5. The first kappa shape index (κ1) is 18.4. The van der Waals surface area contributed by atoms with E-state index in [9.17, 15) is 0 Å². The third-order valence-corrected chi connectivity index (χ3v) is 4.83. The standard InChI is InChI=1S/C16H31NO2Si2/c1-13(17-2)16(19-21(6,7)8)14-9-11-15(12-10-14)18-20(3,4)5/h9-13,16-17H,1-8H3. The Morgan fingerprint density at radius 3 is 1.81 bits per heavy atom. The van der Waals surface area contributed by atoms with Gasteiger partial charge in [0.25, 0.3) is 0 Å². The molecule has 1 aromatic carbocycles. The van der Waals surface area contributed by atoms with Crippen LogP contribution in [0.15, 0.2) is 24.3 Å². The van der Waals surface area contributed by atoms with Gasteiger partial charge in [-0.1, -0.05) is 12.1 Å². The molecule has 0 aliphatic rings. The maximum atomic E-state index is 6.36. The molecule has 1 aromatic rings. The summed E-state index contributed by atoms with van der Waals surface area (Å²) in [6, 6.07) is 8.68. The third kappa shape index (κ3) is 6.78. The number of benzene rings is 1. The number of rotatable bonds is 7. The van der Waals surface area contributed by atoms with Crippen LogP contribution in [0.25, 0.3) is 0 Å². The molecule has 0 amide bonds. The van der Waals surface area contributed by atoms with Crippen LogP contribution < -0.4 is 9.74 Å². The van der Waals surface area contributed by atoms with Crippen LogP contribution in [0.2, 0.25) is 39.3 Å². The van der Waals surface area contributed by atoms with Gasteiger partial charge in [-0.05, 0) is 70.9 Å². The zero-order valence-corrected chi connectivity index (χ0v) is 16.8. The van der Waals surface area contributed by atoms with Crippen molar-refractivity contribution in [1.29, 1.82) is 0 Å². The van der Waals surface area contributed by atoms with Gasteiger partial charge in [0.1, 0.15) is 5.75 Å². The Kier molecular flexibility index (Phi) is 6.22. The van der Waals surface area contributed by atoms with Crippen molar-refractivity contribution < 1.29 is 8.85 Å².